The number of pyridine rings is 2. The highest BCUT2D eigenvalue weighted by Gasteiger charge is 2.01. The molecule has 2 heterocycles. The van der Waals surface area contributed by atoms with Gasteiger partial charge in [0.15, 0.2) is 0 Å². The number of fused-ring (bicyclic) bond motifs is 1. The summed E-state index contributed by atoms with van der Waals surface area (Å²) >= 11 is 0. The first-order valence-corrected chi connectivity index (χ1v) is 7.16. The van der Waals surface area contributed by atoms with Crippen molar-refractivity contribution in [2.75, 3.05) is 5.32 Å². The van der Waals surface area contributed by atoms with E-state index in [4.69, 9.17) is 0 Å². The highest BCUT2D eigenvalue weighted by molar-refractivity contribution is 5.79. The van der Waals surface area contributed by atoms with E-state index >= 15 is 0 Å². The lowest BCUT2D eigenvalue weighted by Gasteiger charge is -2.10. The summed E-state index contributed by atoms with van der Waals surface area (Å²) in [7, 11) is 0. The van der Waals surface area contributed by atoms with E-state index in [1.807, 2.05) is 32.9 Å². The van der Waals surface area contributed by atoms with E-state index in [0.29, 0.717) is 0 Å². The molecule has 0 aliphatic heterocycles. The van der Waals surface area contributed by atoms with Crippen molar-refractivity contribution in [3.05, 3.63) is 65.1 Å². The van der Waals surface area contributed by atoms with Gasteiger partial charge in [-0.3, -0.25) is 9.97 Å². The third-order valence-corrected chi connectivity index (χ3v) is 3.60. The fourth-order valence-electron chi connectivity index (χ4n) is 2.46. The van der Waals surface area contributed by atoms with Gasteiger partial charge in [0.25, 0.3) is 0 Å². The molecule has 1 aromatic carbocycles. The van der Waals surface area contributed by atoms with E-state index in [1.165, 1.54) is 10.9 Å². The lowest BCUT2D eigenvalue weighted by Crippen LogP contribution is -2.02. The molecule has 0 fully saturated rings. The van der Waals surface area contributed by atoms with Crippen LogP contribution in [0.2, 0.25) is 0 Å². The number of anilines is 1. The number of nitrogens with zero attached hydrogens (tertiary/aromatic N) is 2. The van der Waals surface area contributed by atoms with Crippen molar-refractivity contribution in [3.63, 3.8) is 0 Å². The largest absolute Gasteiger partial charge is 0.380 e. The van der Waals surface area contributed by atoms with Crippen molar-refractivity contribution in [2.45, 2.75) is 27.3 Å². The zero-order valence-corrected chi connectivity index (χ0v) is 12.6. The third-order valence-electron chi connectivity index (χ3n) is 3.60. The molecule has 106 valence electrons. The quantitative estimate of drug-likeness (QED) is 0.781. The summed E-state index contributed by atoms with van der Waals surface area (Å²) in [5.41, 5.74) is 6.51. The van der Waals surface area contributed by atoms with Gasteiger partial charge in [0, 0.05) is 23.3 Å². The second kappa shape index (κ2) is 5.52. The number of benzene rings is 1. The molecule has 0 spiro atoms. The summed E-state index contributed by atoms with van der Waals surface area (Å²) in [6.07, 6.45) is 0. The molecule has 0 aliphatic carbocycles. The zero-order chi connectivity index (χ0) is 14.8. The molecule has 0 unspecified atom stereocenters. The van der Waals surface area contributed by atoms with E-state index in [0.717, 1.165) is 34.8 Å². The van der Waals surface area contributed by atoms with Gasteiger partial charge in [-0.25, -0.2) is 0 Å². The van der Waals surface area contributed by atoms with E-state index in [9.17, 15) is 0 Å². The molecule has 0 bridgehead atoms. The Morgan fingerprint density at radius 1 is 0.857 bits per heavy atom. The predicted octanol–water partition coefficient (Wildman–Crippen LogP) is 4.17. The van der Waals surface area contributed by atoms with Crippen LogP contribution in [-0.4, -0.2) is 9.97 Å². The fraction of sp³-hybridized carbons (Fsp3) is 0.222. The fourth-order valence-corrected chi connectivity index (χ4v) is 2.46. The van der Waals surface area contributed by atoms with Crippen LogP contribution in [0.3, 0.4) is 0 Å². The Bertz CT molecular complexity index is 794. The second-order valence-electron chi connectivity index (χ2n) is 5.42. The number of nitrogens with one attached hydrogen (secondary N) is 1. The van der Waals surface area contributed by atoms with Gasteiger partial charge < -0.3 is 5.32 Å². The molecule has 0 aliphatic rings. The number of rotatable bonds is 3. The highest BCUT2D eigenvalue weighted by Crippen LogP contribution is 2.17. The topological polar surface area (TPSA) is 37.8 Å². The maximum absolute atomic E-state index is 4.53. The third kappa shape index (κ3) is 3.02. The second-order valence-corrected chi connectivity index (χ2v) is 5.42. The molecule has 2 aromatic heterocycles. The zero-order valence-electron chi connectivity index (χ0n) is 12.6. The van der Waals surface area contributed by atoms with Crippen LogP contribution in [0.15, 0.2) is 42.5 Å². The summed E-state index contributed by atoms with van der Waals surface area (Å²) in [5, 5.41) is 4.63. The molecule has 21 heavy (non-hydrogen) atoms. The molecule has 0 amide bonds. The van der Waals surface area contributed by atoms with Gasteiger partial charge in [-0.15, -0.1) is 0 Å². The SMILES string of the molecule is Cc1ccc(NCc2ccc3nc(C)ccc3c2)c(C)n1. The minimum Gasteiger partial charge on any atom is -0.380 e. The average Bonchev–Trinajstić information content (AvgIpc) is 2.46. The molecule has 3 rings (SSSR count). The van der Waals surface area contributed by atoms with Crippen LogP contribution >= 0.6 is 0 Å². The number of aromatic nitrogens is 2. The van der Waals surface area contributed by atoms with Crippen molar-refractivity contribution in [3.8, 4) is 0 Å². The minimum atomic E-state index is 0.787. The van der Waals surface area contributed by atoms with Crippen LogP contribution in [0.4, 0.5) is 5.69 Å². The van der Waals surface area contributed by atoms with Gasteiger partial charge in [-0.1, -0.05) is 12.1 Å². The van der Waals surface area contributed by atoms with Crippen LogP contribution in [-0.2, 0) is 6.54 Å². The Kier molecular flexibility index (Phi) is 3.57. The van der Waals surface area contributed by atoms with E-state index in [2.05, 4.69) is 45.6 Å². The van der Waals surface area contributed by atoms with Gasteiger partial charge in [0.05, 0.1) is 16.9 Å². The monoisotopic (exact) mass is 277 g/mol. The Balaban J connectivity index is 1.80. The van der Waals surface area contributed by atoms with Crippen LogP contribution in [0, 0.1) is 20.8 Å². The van der Waals surface area contributed by atoms with Gasteiger partial charge in [0.1, 0.15) is 0 Å². The van der Waals surface area contributed by atoms with Crippen molar-refractivity contribution >= 4 is 16.6 Å². The smallest absolute Gasteiger partial charge is 0.0705 e. The molecule has 0 saturated carbocycles. The maximum atomic E-state index is 4.53. The van der Waals surface area contributed by atoms with Crippen LogP contribution in [0.5, 0.6) is 0 Å². The van der Waals surface area contributed by atoms with Crippen LogP contribution in [0.25, 0.3) is 10.9 Å². The molecule has 3 heteroatoms. The minimum absolute atomic E-state index is 0.787. The summed E-state index contributed by atoms with van der Waals surface area (Å²) in [6.45, 7) is 6.84. The van der Waals surface area contributed by atoms with E-state index < -0.39 is 0 Å². The normalized spacial score (nSPS) is 10.8. The lowest BCUT2D eigenvalue weighted by atomic mass is 10.1. The van der Waals surface area contributed by atoms with Crippen molar-refractivity contribution in [1.29, 1.82) is 0 Å². The Labute approximate surface area is 125 Å². The Morgan fingerprint density at radius 2 is 1.62 bits per heavy atom. The molecule has 0 saturated heterocycles. The molecule has 3 aromatic rings. The summed E-state index contributed by atoms with van der Waals surface area (Å²) < 4.78 is 0. The lowest BCUT2D eigenvalue weighted by molar-refractivity contribution is 1.08. The summed E-state index contributed by atoms with van der Waals surface area (Å²) in [5.74, 6) is 0. The van der Waals surface area contributed by atoms with Gasteiger partial charge in [0.2, 0.25) is 0 Å². The number of aryl methyl sites for hydroxylation is 3. The molecule has 0 atom stereocenters. The van der Waals surface area contributed by atoms with Gasteiger partial charge >= 0.3 is 0 Å². The van der Waals surface area contributed by atoms with Gasteiger partial charge in [-0.05, 0) is 56.7 Å². The van der Waals surface area contributed by atoms with Crippen LogP contribution in [0.1, 0.15) is 22.6 Å². The molecular weight excluding hydrogens is 258 g/mol. The maximum Gasteiger partial charge on any atom is 0.0705 e. The van der Waals surface area contributed by atoms with Gasteiger partial charge in [-0.2, -0.15) is 0 Å². The standard InChI is InChI=1S/C18H19N3/c1-12-5-8-17(14(3)20-12)19-11-15-6-9-18-16(10-15)7-4-13(2)21-18/h4-10,19H,11H2,1-3H3. The molecular formula is C18H19N3. The predicted molar refractivity (Wildman–Crippen MR) is 87.5 cm³/mol. The first-order chi connectivity index (χ1) is 10.1. The molecule has 3 nitrogen and oxygen atoms in total. The molecule has 1 N–H and O–H groups in total. The van der Waals surface area contributed by atoms with E-state index in [1.54, 1.807) is 0 Å². The summed E-state index contributed by atoms with van der Waals surface area (Å²) in [4.78, 5) is 9.00. The van der Waals surface area contributed by atoms with Crippen molar-refractivity contribution in [2.24, 2.45) is 0 Å². The summed E-state index contributed by atoms with van der Waals surface area (Å²) in [6, 6.07) is 14.7. The highest BCUT2D eigenvalue weighted by atomic mass is 14.9. The number of hydrogen-bond donors (Lipinski definition) is 1. The van der Waals surface area contributed by atoms with E-state index in [-0.39, 0.29) is 0 Å². The van der Waals surface area contributed by atoms with Crippen molar-refractivity contribution in [1.82, 2.24) is 9.97 Å². The first kappa shape index (κ1) is 13.6. The Morgan fingerprint density at radius 3 is 2.43 bits per heavy atom. The first-order valence-electron chi connectivity index (χ1n) is 7.16. The average molecular weight is 277 g/mol. The van der Waals surface area contributed by atoms with Crippen LogP contribution < -0.4 is 5.32 Å². The number of hydrogen-bond acceptors (Lipinski definition) is 3. The molecule has 0 radical (unpaired) electrons. The Hall–Kier alpha value is -2.42. The van der Waals surface area contributed by atoms with Crippen molar-refractivity contribution < 1.29 is 0 Å².